The molecule has 80 valence electrons. The molecule has 2 N–H and O–H groups in total. The molecule has 0 spiro atoms. The Morgan fingerprint density at radius 2 is 1.69 bits per heavy atom. The zero-order chi connectivity index (χ0) is 10.1. The number of nitrogens with two attached hydrogens (primary N) is 1. The average molecular weight is 186 g/mol. The van der Waals surface area contributed by atoms with E-state index in [1.807, 2.05) is 0 Å². The topological polar surface area (TPSA) is 29.3 Å². The molecule has 2 nitrogen and oxygen atoms in total. The molecule has 13 heavy (non-hydrogen) atoms. The van der Waals surface area contributed by atoms with Crippen molar-refractivity contribution in [3.05, 3.63) is 0 Å². The molecule has 0 aromatic carbocycles. The van der Waals surface area contributed by atoms with Crippen molar-refractivity contribution in [2.24, 2.45) is 5.73 Å². The fourth-order valence-electron chi connectivity index (χ4n) is 1.86. The summed E-state index contributed by atoms with van der Waals surface area (Å²) in [6.45, 7) is 10.0. The van der Waals surface area contributed by atoms with Gasteiger partial charge in [-0.25, -0.2) is 0 Å². The van der Waals surface area contributed by atoms with Crippen LogP contribution in [-0.2, 0) is 0 Å². The van der Waals surface area contributed by atoms with Gasteiger partial charge in [0.1, 0.15) is 0 Å². The van der Waals surface area contributed by atoms with Crippen LogP contribution in [0.5, 0.6) is 0 Å². The highest BCUT2D eigenvalue weighted by atomic mass is 15.1. The van der Waals surface area contributed by atoms with Crippen molar-refractivity contribution in [1.29, 1.82) is 0 Å². The van der Waals surface area contributed by atoms with Crippen molar-refractivity contribution >= 4 is 0 Å². The third kappa shape index (κ3) is 5.27. The molecular formula is C11H26N2. The number of nitrogens with zero attached hydrogens (tertiary/aromatic N) is 1. The minimum atomic E-state index is 0.770. The van der Waals surface area contributed by atoms with Crippen molar-refractivity contribution in [2.45, 2.75) is 52.5 Å². The Labute approximate surface area is 83.5 Å². The van der Waals surface area contributed by atoms with Crippen molar-refractivity contribution in [3.8, 4) is 0 Å². The van der Waals surface area contributed by atoms with Crippen molar-refractivity contribution in [2.75, 3.05) is 19.6 Å². The SMILES string of the molecule is CCCN(CCCN)C(CC)CC. The van der Waals surface area contributed by atoms with Crippen LogP contribution in [0.4, 0.5) is 0 Å². The summed E-state index contributed by atoms with van der Waals surface area (Å²) in [7, 11) is 0. The third-order valence-electron chi connectivity index (χ3n) is 2.62. The molecule has 0 aromatic heterocycles. The lowest BCUT2D eigenvalue weighted by Crippen LogP contribution is -2.36. The molecule has 0 saturated heterocycles. The molecule has 0 amide bonds. The van der Waals surface area contributed by atoms with E-state index >= 15 is 0 Å². The minimum absolute atomic E-state index is 0.770. The Kier molecular flexibility index (Phi) is 8.46. The summed E-state index contributed by atoms with van der Waals surface area (Å²) in [6.07, 6.45) is 4.92. The highest BCUT2D eigenvalue weighted by Crippen LogP contribution is 2.09. The molecule has 2 heteroatoms. The smallest absolute Gasteiger partial charge is 0.00900 e. The quantitative estimate of drug-likeness (QED) is 0.630. The zero-order valence-electron chi connectivity index (χ0n) is 9.55. The number of rotatable bonds is 8. The average Bonchev–Trinajstić information content (AvgIpc) is 2.16. The largest absolute Gasteiger partial charge is 0.330 e. The monoisotopic (exact) mass is 186 g/mol. The van der Waals surface area contributed by atoms with E-state index in [1.165, 1.54) is 32.4 Å². The van der Waals surface area contributed by atoms with Crippen LogP contribution < -0.4 is 5.73 Å². The first-order chi connectivity index (χ1) is 6.29. The molecule has 0 aromatic rings. The molecule has 0 fully saturated rings. The standard InChI is InChI=1S/C11H26N2/c1-4-9-13(10-7-8-12)11(5-2)6-3/h11H,4-10,12H2,1-3H3. The van der Waals surface area contributed by atoms with E-state index in [0.717, 1.165) is 19.0 Å². The highest BCUT2D eigenvalue weighted by molar-refractivity contribution is 4.68. The van der Waals surface area contributed by atoms with Crippen LogP contribution in [0, 0.1) is 0 Å². The lowest BCUT2D eigenvalue weighted by atomic mass is 10.1. The van der Waals surface area contributed by atoms with Gasteiger partial charge in [0.2, 0.25) is 0 Å². The van der Waals surface area contributed by atoms with Gasteiger partial charge in [0.15, 0.2) is 0 Å². The number of hydrogen-bond donors (Lipinski definition) is 1. The molecule has 0 radical (unpaired) electrons. The second-order valence-corrected chi connectivity index (χ2v) is 3.65. The molecular weight excluding hydrogens is 160 g/mol. The van der Waals surface area contributed by atoms with Crippen molar-refractivity contribution in [1.82, 2.24) is 4.90 Å². The van der Waals surface area contributed by atoms with Crippen molar-refractivity contribution in [3.63, 3.8) is 0 Å². The van der Waals surface area contributed by atoms with Gasteiger partial charge in [0.25, 0.3) is 0 Å². The van der Waals surface area contributed by atoms with E-state index in [-0.39, 0.29) is 0 Å². The number of hydrogen-bond acceptors (Lipinski definition) is 2. The summed E-state index contributed by atoms with van der Waals surface area (Å²) in [5.41, 5.74) is 5.53. The molecule has 0 aliphatic carbocycles. The first-order valence-corrected chi connectivity index (χ1v) is 5.74. The van der Waals surface area contributed by atoms with Crippen LogP contribution in [0.15, 0.2) is 0 Å². The molecule has 0 heterocycles. The molecule has 0 bridgehead atoms. The van der Waals surface area contributed by atoms with Crippen LogP contribution in [0.1, 0.15) is 46.5 Å². The zero-order valence-corrected chi connectivity index (χ0v) is 9.55. The fourth-order valence-corrected chi connectivity index (χ4v) is 1.86. The van der Waals surface area contributed by atoms with Crippen LogP contribution in [0.3, 0.4) is 0 Å². The maximum atomic E-state index is 5.53. The van der Waals surface area contributed by atoms with E-state index < -0.39 is 0 Å². The Balaban J connectivity index is 3.88. The van der Waals surface area contributed by atoms with Gasteiger partial charge in [0, 0.05) is 6.04 Å². The molecule has 0 unspecified atom stereocenters. The van der Waals surface area contributed by atoms with E-state index in [0.29, 0.717) is 0 Å². The van der Waals surface area contributed by atoms with Gasteiger partial charge in [-0.05, 0) is 45.3 Å². The van der Waals surface area contributed by atoms with E-state index in [4.69, 9.17) is 5.73 Å². The van der Waals surface area contributed by atoms with Gasteiger partial charge >= 0.3 is 0 Å². The minimum Gasteiger partial charge on any atom is -0.330 e. The van der Waals surface area contributed by atoms with Crippen LogP contribution in [0.2, 0.25) is 0 Å². The second-order valence-electron chi connectivity index (χ2n) is 3.65. The first-order valence-electron chi connectivity index (χ1n) is 5.74. The summed E-state index contributed by atoms with van der Waals surface area (Å²) < 4.78 is 0. The normalized spacial score (nSPS) is 11.5. The van der Waals surface area contributed by atoms with Crippen LogP contribution in [-0.4, -0.2) is 30.6 Å². The lowest BCUT2D eigenvalue weighted by molar-refractivity contribution is 0.185. The highest BCUT2D eigenvalue weighted by Gasteiger charge is 2.12. The molecule has 0 rings (SSSR count). The van der Waals surface area contributed by atoms with Gasteiger partial charge in [-0.1, -0.05) is 20.8 Å². The van der Waals surface area contributed by atoms with Crippen LogP contribution in [0.25, 0.3) is 0 Å². The molecule has 0 atom stereocenters. The van der Waals surface area contributed by atoms with E-state index in [2.05, 4.69) is 25.7 Å². The van der Waals surface area contributed by atoms with Gasteiger partial charge in [-0.15, -0.1) is 0 Å². The summed E-state index contributed by atoms with van der Waals surface area (Å²) in [5.74, 6) is 0. The molecule has 0 saturated carbocycles. The summed E-state index contributed by atoms with van der Waals surface area (Å²) >= 11 is 0. The second kappa shape index (κ2) is 8.52. The van der Waals surface area contributed by atoms with Crippen molar-refractivity contribution < 1.29 is 0 Å². The van der Waals surface area contributed by atoms with Gasteiger partial charge < -0.3 is 10.6 Å². The Bertz CT molecular complexity index is 100. The van der Waals surface area contributed by atoms with Gasteiger partial charge in [0.05, 0.1) is 0 Å². The van der Waals surface area contributed by atoms with E-state index in [9.17, 15) is 0 Å². The molecule has 0 aliphatic heterocycles. The predicted molar refractivity (Wildman–Crippen MR) is 59.9 cm³/mol. The fraction of sp³-hybridized carbons (Fsp3) is 1.00. The van der Waals surface area contributed by atoms with Gasteiger partial charge in [-0.3, -0.25) is 0 Å². The van der Waals surface area contributed by atoms with E-state index in [1.54, 1.807) is 0 Å². The summed E-state index contributed by atoms with van der Waals surface area (Å²) in [4.78, 5) is 2.59. The summed E-state index contributed by atoms with van der Waals surface area (Å²) in [6, 6.07) is 0.770. The van der Waals surface area contributed by atoms with Gasteiger partial charge in [-0.2, -0.15) is 0 Å². The van der Waals surface area contributed by atoms with Crippen LogP contribution >= 0.6 is 0 Å². The first kappa shape index (κ1) is 12.9. The Morgan fingerprint density at radius 3 is 2.08 bits per heavy atom. The predicted octanol–water partition coefficient (Wildman–Crippen LogP) is 2.24. The molecule has 0 aliphatic rings. The maximum absolute atomic E-state index is 5.53. The Hall–Kier alpha value is -0.0800. The lowest BCUT2D eigenvalue weighted by Gasteiger charge is -2.29. The maximum Gasteiger partial charge on any atom is 0.00900 e. The summed E-state index contributed by atoms with van der Waals surface area (Å²) in [5, 5.41) is 0. The Morgan fingerprint density at radius 1 is 1.08 bits per heavy atom. The third-order valence-corrected chi connectivity index (χ3v) is 2.62.